The van der Waals surface area contributed by atoms with Gasteiger partial charge in [0.25, 0.3) is 0 Å². The molecule has 76 valence electrons. The van der Waals surface area contributed by atoms with Crippen molar-refractivity contribution in [2.45, 2.75) is 19.4 Å². The van der Waals surface area contributed by atoms with Gasteiger partial charge in [-0.05, 0) is 31.5 Å². The topological polar surface area (TPSA) is 34.2 Å². The Morgan fingerprint density at radius 3 is 2.71 bits per heavy atom. The summed E-state index contributed by atoms with van der Waals surface area (Å²) in [5.74, 6) is 0.129. The molecule has 0 saturated carbocycles. The SMILES string of the molecule is Cc1cc(F)nc(NC2(C)COC2)c1. The first kappa shape index (κ1) is 9.40. The van der Waals surface area contributed by atoms with Crippen molar-refractivity contribution in [1.82, 2.24) is 4.98 Å². The van der Waals surface area contributed by atoms with E-state index in [9.17, 15) is 4.39 Å². The molecule has 2 heterocycles. The van der Waals surface area contributed by atoms with Crippen LogP contribution in [0.4, 0.5) is 10.2 Å². The predicted molar refractivity (Wildman–Crippen MR) is 51.8 cm³/mol. The number of rotatable bonds is 2. The maximum Gasteiger partial charge on any atom is 0.215 e. The average Bonchev–Trinajstić information content (AvgIpc) is 1.99. The number of hydrogen-bond donors (Lipinski definition) is 1. The van der Waals surface area contributed by atoms with E-state index >= 15 is 0 Å². The number of anilines is 1. The highest BCUT2D eigenvalue weighted by Crippen LogP contribution is 2.21. The molecule has 4 heteroatoms. The highest BCUT2D eigenvalue weighted by Gasteiger charge is 2.33. The Morgan fingerprint density at radius 1 is 1.50 bits per heavy atom. The van der Waals surface area contributed by atoms with E-state index in [-0.39, 0.29) is 5.54 Å². The molecule has 14 heavy (non-hydrogen) atoms. The van der Waals surface area contributed by atoms with E-state index in [4.69, 9.17) is 4.74 Å². The van der Waals surface area contributed by atoms with E-state index in [1.54, 1.807) is 0 Å². The molecule has 1 aromatic heterocycles. The van der Waals surface area contributed by atoms with Gasteiger partial charge >= 0.3 is 0 Å². The summed E-state index contributed by atoms with van der Waals surface area (Å²) in [5, 5.41) is 3.16. The maximum absolute atomic E-state index is 12.9. The van der Waals surface area contributed by atoms with Crippen molar-refractivity contribution in [3.8, 4) is 0 Å². The molecule has 1 aromatic rings. The van der Waals surface area contributed by atoms with E-state index in [1.807, 2.05) is 19.9 Å². The van der Waals surface area contributed by atoms with Crippen molar-refractivity contribution in [2.24, 2.45) is 0 Å². The van der Waals surface area contributed by atoms with Crippen LogP contribution in [0.15, 0.2) is 12.1 Å². The zero-order valence-corrected chi connectivity index (χ0v) is 8.30. The molecule has 2 rings (SSSR count). The van der Waals surface area contributed by atoms with Crippen molar-refractivity contribution in [2.75, 3.05) is 18.5 Å². The average molecular weight is 196 g/mol. The Kier molecular flexibility index (Phi) is 2.15. The Morgan fingerprint density at radius 2 is 2.21 bits per heavy atom. The van der Waals surface area contributed by atoms with E-state index in [2.05, 4.69) is 10.3 Å². The summed E-state index contributed by atoms with van der Waals surface area (Å²) < 4.78 is 18.0. The zero-order chi connectivity index (χ0) is 10.2. The quantitative estimate of drug-likeness (QED) is 0.731. The first-order valence-corrected chi connectivity index (χ1v) is 4.58. The summed E-state index contributed by atoms with van der Waals surface area (Å²) in [4.78, 5) is 3.77. The minimum Gasteiger partial charge on any atom is -0.376 e. The number of nitrogens with one attached hydrogen (secondary N) is 1. The number of pyridine rings is 1. The molecule has 0 unspecified atom stereocenters. The number of ether oxygens (including phenoxy) is 1. The lowest BCUT2D eigenvalue weighted by atomic mass is 10.0. The number of aryl methyl sites for hydroxylation is 1. The fraction of sp³-hybridized carbons (Fsp3) is 0.500. The van der Waals surface area contributed by atoms with Crippen LogP contribution in [0.3, 0.4) is 0 Å². The minimum atomic E-state index is -0.448. The molecule has 0 atom stereocenters. The largest absolute Gasteiger partial charge is 0.376 e. The van der Waals surface area contributed by atoms with Crippen LogP contribution in [0.25, 0.3) is 0 Å². The minimum absolute atomic E-state index is 0.0900. The van der Waals surface area contributed by atoms with Crippen LogP contribution in [0.1, 0.15) is 12.5 Å². The molecule has 0 aliphatic carbocycles. The highest BCUT2D eigenvalue weighted by atomic mass is 19.1. The molecule has 0 aromatic carbocycles. The van der Waals surface area contributed by atoms with E-state index in [0.717, 1.165) is 5.56 Å². The lowest BCUT2D eigenvalue weighted by molar-refractivity contribution is -0.0320. The molecule has 0 spiro atoms. The second-order valence-corrected chi connectivity index (χ2v) is 4.03. The van der Waals surface area contributed by atoms with Gasteiger partial charge in [-0.25, -0.2) is 4.98 Å². The lowest BCUT2D eigenvalue weighted by Gasteiger charge is -2.39. The third kappa shape index (κ3) is 1.85. The molecular formula is C10H13FN2O. The summed E-state index contributed by atoms with van der Waals surface area (Å²) in [5.41, 5.74) is 0.775. The number of aromatic nitrogens is 1. The van der Waals surface area contributed by atoms with Gasteiger partial charge in [0.1, 0.15) is 5.82 Å². The van der Waals surface area contributed by atoms with Crippen LogP contribution in [-0.2, 0) is 4.74 Å². The molecule has 1 aliphatic heterocycles. The van der Waals surface area contributed by atoms with Crippen molar-refractivity contribution < 1.29 is 9.13 Å². The van der Waals surface area contributed by atoms with Crippen molar-refractivity contribution in [3.05, 3.63) is 23.6 Å². The van der Waals surface area contributed by atoms with Crippen LogP contribution >= 0.6 is 0 Å². The van der Waals surface area contributed by atoms with Gasteiger partial charge in [-0.1, -0.05) is 0 Å². The fourth-order valence-corrected chi connectivity index (χ4v) is 1.48. The van der Waals surface area contributed by atoms with Crippen LogP contribution in [-0.4, -0.2) is 23.7 Å². The van der Waals surface area contributed by atoms with E-state index < -0.39 is 5.95 Å². The molecule has 1 fully saturated rings. The van der Waals surface area contributed by atoms with Gasteiger partial charge in [0, 0.05) is 0 Å². The highest BCUT2D eigenvalue weighted by molar-refractivity contribution is 5.40. The van der Waals surface area contributed by atoms with Crippen LogP contribution in [0.5, 0.6) is 0 Å². The molecule has 1 saturated heterocycles. The smallest absolute Gasteiger partial charge is 0.215 e. The Balaban J connectivity index is 2.16. The summed E-state index contributed by atoms with van der Waals surface area (Å²) in [6.07, 6.45) is 0. The molecule has 1 aliphatic rings. The number of hydrogen-bond acceptors (Lipinski definition) is 3. The maximum atomic E-state index is 12.9. The Bertz CT molecular complexity index is 330. The normalized spacial score (nSPS) is 18.8. The van der Waals surface area contributed by atoms with Gasteiger partial charge in [-0.3, -0.25) is 0 Å². The van der Waals surface area contributed by atoms with Crippen molar-refractivity contribution in [3.63, 3.8) is 0 Å². The number of nitrogens with zero attached hydrogens (tertiary/aromatic N) is 1. The third-order valence-electron chi connectivity index (χ3n) is 2.21. The fourth-order valence-electron chi connectivity index (χ4n) is 1.48. The molecule has 3 nitrogen and oxygen atoms in total. The van der Waals surface area contributed by atoms with Gasteiger partial charge in [0.2, 0.25) is 5.95 Å². The van der Waals surface area contributed by atoms with Gasteiger partial charge < -0.3 is 10.1 Å². The zero-order valence-electron chi connectivity index (χ0n) is 8.30. The summed E-state index contributed by atoms with van der Waals surface area (Å²) in [7, 11) is 0. The van der Waals surface area contributed by atoms with Gasteiger partial charge in [-0.2, -0.15) is 4.39 Å². The van der Waals surface area contributed by atoms with Gasteiger partial charge in [-0.15, -0.1) is 0 Å². The van der Waals surface area contributed by atoms with Crippen molar-refractivity contribution in [1.29, 1.82) is 0 Å². The van der Waals surface area contributed by atoms with Crippen LogP contribution < -0.4 is 5.32 Å². The van der Waals surface area contributed by atoms with Crippen LogP contribution in [0.2, 0.25) is 0 Å². The summed E-state index contributed by atoms with van der Waals surface area (Å²) in [6, 6.07) is 3.23. The second-order valence-electron chi connectivity index (χ2n) is 4.03. The molecular weight excluding hydrogens is 183 g/mol. The monoisotopic (exact) mass is 196 g/mol. The first-order chi connectivity index (χ1) is 6.57. The Hall–Kier alpha value is -1.16. The molecule has 1 N–H and O–H groups in total. The van der Waals surface area contributed by atoms with Crippen LogP contribution in [0, 0.1) is 12.9 Å². The van der Waals surface area contributed by atoms with E-state index in [1.165, 1.54) is 6.07 Å². The lowest BCUT2D eigenvalue weighted by Crippen LogP contribution is -2.53. The van der Waals surface area contributed by atoms with E-state index in [0.29, 0.717) is 19.0 Å². The predicted octanol–water partition coefficient (Wildman–Crippen LogP) is 1.73. The third-order valence-corrected chi connectivity index (χ3v) is 2.21. The molecule has 0 amide bonds. The van der Waals surface area contributed by atoms with Gasteiger partial charge in [0.15, 0.2) is 0 Å². The number of halogens is 1. The summed E-state index contributed by atoms with van der Waals surface area (Å²) in [6.45, 7) is 5.16. The van der Waals surface area contributed by atoms with Gasteiger partial charge in [0.05, 0.1) is 18.8 Å². The second kappa shape index (κ2) is 3.20. The van der Waals surface area contributed by atoms with Crippen molar-refractivity contribution >= 4 is 5.82 Å². The Labute approximate surface area is 82.3 Å². The molecule has 0 radical (unpaired) electrons. The first-order valence-electron chi connectivity index (χ1n) is 4.58. The standard InChI is InChI=1S/C10H13FN2O/c1-7-3-8(11)12-9(4-7)13-10(2)5-14-6-10/h3-4H,5-6H2,1-2H3,(H,12,13). The molecule has 0 bridgehead atoms. The summed E-state index contributed by atoms with van der Waals surface area (Å²) >= 11 is 0.